The summed E-state index contributed by atoms with van der Waals surface area (Å²) >= 11 is 3.05. The molecule has 110 valence electrons. The first kappa shape index (κ1) is 15.4. The molecule has 0 heterocycles. The quantitative estimate of drug-likeness (QED) is 0.590. The van der Waals surface area contributed by atoms with Gasteiger partial charge in [-0.1, -0.05) is 35.2 Å². The van der Waals surface area contributed by atoms with E-state index in [1.165, 1.54) is 6.07 Å². The highest BCUT2D eigenvalue weighted by Crippen LogP contribution is 2.38. The van der Waals surface area contributed by atoms with Crippen LogP contribution in [0.3, 0.4) is 0 Å². The van der Waals surface area contributed by atoms with Crippen LogP contribution in [0.15, 0.2) is 27.7 Å². The molecule has 1 saturated carbocycles. The van der Waals surface area contributed by atoms with Gasteiger partial charge in [-0.15, -0.1) is 0 Å². The summed E-state index contributed by atoms with van der Waals surface area (Å²) in [6.45, 7) is 0. The highest BCUT2D eigenvalue weighted by Gasteiger charge is 2.34. The molecule has 0 aromatic heterocycles. The van der Waals surface area contributed by atoms with Crippen LogP contribution in [0.1, 0.15) is 37.7 Å². The monoisotopic (exact) mass is 348 g/mol. The van der Waals surface area contributed by atoms with E-state index in [1.54, 1.807) is 6.07 Å². The zero-order valence-corrected chi connectivity index (χ0v) is 12.5. The van der Waals surface area contributed by atoms with Crippen LogP contribution in [-0.4, -0.2) is 5.84 Å². The van der Waals surface area contributed by atoms with Crippen molar-refractivity contribution in [2.75, 3.05) is 0 Å². The number of aliphatic imine (C=N–C) groups is 1. The lowest BCUT2D eigenvalue weighted by Gasteiger charge is -2.21. The van der Waals surface area contributed by atoms with Crippen molar-refractivity contribution in [1.29, 1.82) is 0 Å². The molecule has 1 aromatic carbocycles. The Bertz CT molecular complexity index is 506. The second-order valence-corrected chi connectivity index (χ2v) is 5.95. The van der Waals surface area contributed by atoms with E-state index in [-0.39, 0.29) is 11.6 Å². The van der Waals surface area contributed by atoms with E-state index < -0.39 is 11.7 Å². The van der Waals surface area contributed by atoms with Crippen LogP contribution in [0.2, 0.25) is 0 Å². The second-order valence-electron chi connectivity index (χ2n) is 5.03. The lowest BCUT2D eigenvalue weighted by molar-refractivity contribution is -0.137. The summed E-state index contributed by atoms with van der Waals surface area (Å²) in [6.07, 6.45) is 0.673. The van der Waals surface area contributed by atoms with Gasteiger partial charge in [-0.25, -0.2) is 4.99 Å². The lowest BCUT2D eigenvalue weighted by Crippen LogP contribution is -2.25. The van der Waals surface area contributed by atoms with Gasteiger partial charge in [-0.3, -0.25) is 0 Å². The number of nitrogens with zero attached hydrogens (tertiary/aromatic N) is 1. The van der Waals surface area contributed by atoms with Gasteiger partial charge in [-0.2, -0.15) is 13.2 Å². The molecule has 1 aromatic rings. The fraction of sp³-hybridized carbons (Fsp3) is 0.500. The van der Waals surface area contributed by atoms with Crippen molar-refractivity contribution >= 4 is 27.5 Å². The molecule has 0 radical (unpaired) electrons. The van der Waals surface area contributed by atoms with E-state index in [9.17, 15) is 13.2 Å². The Hall–Kier alpha value is -1.04. The zero-order chi connectivity index (χ0) is 14.8. The summed E-state index contributed by atoms with van der Waals surface area (Å²) < 4.78 is 39.3. The SMILES string of the molecule is NC(=Nc1ccc(Br)cc1C(F)(F)F)C1CCCCC1. The average Bonchev–Trinajstić information content (AvgIpc) is 2.40. The third kappa shape index (κ3) is 3.75. The number of benzene rings is 1. The maximum absolute atomic E-state index is 13.0. The standard InChI is InChI=1S/C14H16BrF3N2/c15-10-6-7-12(11(8-10)14(16,17)18)20-13(19)9-4-2-1-3-5-9/h6-9H,1-5H2,(H2,19,20). The molecule has 2 nitrogen and oxygen atoms in total. The maximum atomic E-state index is 13.0. The summed E-state index contributed by atoms with van der Waals surface area (Å²) in [5.74, 6) is 0.422. The zero-order valence-electron chi connectivity index (χ0n) is 10.9. The first-order valence-electron chi connectivity index (χ1n) is 6.59. The molecule has 2 rings (SSSR count). The van der Waals surface area contributed by atoms with Crippen molar-refractivity contribution in [2.45, 2.75) is 38.3 Å². The maximum Gasteiger partial charge on any atom is 0.418 e. The van der Waals surface area contributed by atoms with E-state index >= 15 is 0 Å². The third-order valence-electron chi connectivity index (χ3n) is 3.54. The molecule has 0 amide bonds. The van der Waals surface area contributed by atoms with Crippen molar-refractivity contribution in [3.05, 3.63) is 28.2 Å². The Morgan fingerprint density at radius 1 is 1.20 bits per heavy atom. The number of hydrogen-bond acceptors (Lipinski definition) is 1. The van der Waals surface area contributed by atoms with Crippen molar-refractivity contribution in [1.82, 2.24) is 0 Å². The molecule has 0 spiro atoms. The third-order valence-corrected chi connectivity index (χ3v) is 4.03. The summed E-state index contributed by atoms with van der Waals surface area (Å²) in [7, 11) is 0. The fourth-order valence-electron chi connectivity index (χ4n) is 2.46. The Morgan fingerprint density at radius 2 is 1.85 bits per heavy atom. The van der Waals surface area contributed by atoms with Gasteiger partial charge < -0.3 is 5.73 Å². The molecule has 0 saturated heterocycles. The van der Waals surface area contributed by atoms with Crippen LogP contribution >= 0.6 is 15.9 Å². The average molecular weight is 349 g/mol. The van der Waals surface area contributed by atoms with Crippen LogP contribution in [-0.2, 0) is 6.18 Å². The lowest BCUT2D eigenvalue weighted by atomic mass is 9.88. The summed E-state index contributed by atoms with van der Waals surface area (Å²) in [5.41, 5.74) is 5.04. The molecular weight excluding hydrogens is 333 g/mol. The molecule has 0 unspecified atom stereocenters. The summed E-state index contributed by atoms with van der Waals surface area (Å²) in [6, 6.07) is 3.93. The van der Waals surface area contributed by atoms with Gasteiger partial charge in [0, 0.05) is 10.4 Å². The number of nitrogens with two attached hydrogens (primary N) is 1. The summed E-state index contributed by atoms with van der Waals surface area (Å²) in [4.78, 5) is 4.04. The van der Waals surface area contributed by atoms with Gasteiger partial charge in [0.1, 0.15) is 5.84 Å². The molecule has 6 heteroatoms. The molecule has 0 atom stereocenters. The highest BCUT2D eigenvalue weighted by atomic mass is 79.9. The van der Waals surface area contributed by atoms with Gasteiger partial charge in [-0.05, 0) is 31.0 Å². The van der Waals surface area contributed by atoms with Gasteiger partial charge >= 0.3 is 6.18 Å². The number of rotatable bonds is 2. The second kappa shape index (κ2) is 6.16. The Balaban J connectivity index is 2.32. The smallest absolute Gasteiger partial charge is 0.387 e. The first-order chi connectivity index (χ1) is 9.38. The number of amidine groups is 1. The molecule has 1 fully saturated rings. The van der Waals surface area contributed by atoms with Crippen LogP contribution in [0.25, 0.3) is 0 Å². The molecule has 20 heavy (non-hydrogen) atoms. The molecule has 1 aliphatic rings. The Kier molecular flexibility index (Phi) is 4.73. The van der Waals surface area contributed by atoms with Crippen LogP contribution in [0, 0.1) is 5.92 Å². The molecule has 1 aliphatic carbocycles. The number of hydrogen-bond donors (Lipinski definition) is 1. The van der Waals surface area contributed by atoms with Gasteiger partial charge in [0.2, 0.25) is 0 Å². The Morgan fingerprint density at radius 3 is 2.45 bits per heavy atom. The number of halogens is 4. The van der Waals surface area contributed by atoms with Crippen molar-refractivity contribution < 1.29 is 13.2 Å². The molecular formula is C14H16BrF3N2. The van der Waals surface area contributed by atoms with E-state index in [2.05, 4.69) is 20.9 Å². The largest absolute Gasteiger partial charge is 0.418 e. The van der Waals surface area contributed by atoms with Gasteiger partial charge in [0.25, 0.3) is 0 Å². The minimum Gasteiger partial charge on any atom is -0.387 e. The Labute approximate surface area is 124 Å². The van der Waals surface area contributed by atoms with Crippen molar-refractivity contribution in [3.63, 3.8) is 0 Å². The number of alkyl halides is 3. The fourth-order valence-corrected chi connectivity index (χ4v) is 2.82. The van der Waals surface area contributed by atoms with Crippen LogP contribution in [0.5, 0.6) is 0 Å². The van der Waals surface area contributed by atoms with E-state index in [4.69, 9.17) is 5.73 Å². The predicted octanol–water partition coefficient (Wildman–Crippen LogP) is 5.04. The van der Waals surface area contributed by atoms with E-state index in [0.29, 0.717) is 10.3 Å². The van der Waals surface area contributed by atoms with E-state index in [1.807, 2.05) is 0 Å². The molecule has 2 N–H and O–H groups in total. The van der Waals surface area contributed by atoms with Gasteiger partial charge in [0.15, 0.2) is 0 Å². The molecule has 0 bridgehead atoms. The summed E-state index contributed by atoms with van der Waals surface area (Å²) in [5, 5.41) is 0. The normalized spacial score (nSPS) is 18.3. The predicted molar refractivity (Wildman–Crippen MR) is 77.0 cm³/mol. The topological polar surface area (TPSA) is 38.4 Å². The minimum atomic E-state index is -4.44. The van der Waals surface area contributed by atoms with Crippen LogP contribution < -0.4 is 5.73 Å². The van der Waals surface area contributed by atoms with Crippen molar-refractivity contribution in [2.24, 2.45) is 16.6 Å². The molecule has 0 aliphatic heterocycles. The minimum absolute atomic E-state index is 0.105. The van der Waals surface area contributed by atoms with E-state index in [0.717, 1.165) is 38.2 Å². The van der Waals surface area contributed by atoms with Gasteiger partial charge in [0.05, 0.1) is 11.3 Å². The van der Waals surface area contributed by atoms with Crippen LogP contribution in [0.4, 0.5) is 18.9 Å². The highest BCUT2D eigenvalue weighted by molar-refractivity contribution is 9.10. The van der Waals surface area contributed by atoms with Crippen molar-refractivity contribution in [3.8, 4) is 0 Å². The first-order valence-corrected chi connectivity index (χ1v) is 7.38.